The van der Waals surface area contributed by atoms with Gasteiger partial charge < -0.3 is 5.73 Å². The average molecular weight is 208 g/mol. The number of benzene rings is 1. The lowest BCUT2D eigenvalue weighted by molar-refractivity contribution is 0.738. The summed E-state index contributed by atoms with van der Waals surface area (Å²) in [6, 6.07) is 10.6. The van der Waals surface area contributed by atoms with Gasteiger partial charge in [0.1, 0.15) is 0 Å². The highest BCUT2D eigenvalue weighted by atomic mass is 35.5. The normalized spacial score (nSPS) is 10.8. The molecule has 2 N–H and O–H groups in total. The summed E-state index contributed by atoms with van der Waals surface area (Å²) < 4.78 is 0. The van der Waals surface area contributed by atoms with E-state index in [1.165, 1.54) is 5.56 Å². The zero-order valence-electron chi connectivity index (χ0n) is 7.07. The Morgan fingerprint density at radius 1 is 1.17 bits per heavy atom. The zero-order chi connectivity index (χ0) is 7.40. The van der Waals surface area contributed by atoms with E-state index >= 15 is 0 Å². The molecule has 0 radical (unpaired) electrons. The van der Waals surface area contributed by atoms with Gasteiger partial charge in [-0.15, -0.1) is 24.8 Å². The molecule has 1 nitrogen and oxygen atoms in total. The first kappa shape index (κ1) is 14.3. The summed E-state index contributed by atoms with van der Waals surface area (Å²) >= 11 is 0. The molecule has 0 amide bonds. The van der Waals surface area contributed by atoms with Crippen LogP contribution in [0.1, 0.15) is 12.5 Å². The third-order valence-electron chi connectivity index (χ3n) is 1.40. The van der Waals surface area contributed by atoms with E-state index in [0.29, 0.717) is 0 Å². The number of halogens is 2. The van der Waals surface area contributed by atoms with Crippen LogP contribution in [0.25, 0.3) is 0 Å². The van der Waals surface area contributed by atoms with E-state index in [9.17, 15) is 0 Å². The lowest BCUT2D eigenvalue weighted by Gasteiger charge is -2.02. The summed E-state index contributed by atoms with van der Waals surface area (Å²) in [7, 11) is 0. The van der Waals surface area contributed by atoms with Gasteiger partial charge >= 0.3 is 0 Å². The number of hydrogen-bond acceptors (Lipinski definition) is 1. The Morgan fingerprint density at radius 3 is 2.08 bits per heavy atom. The van der Waals surface area contributed by atoms with Crippen LogP contribution in [-0.4, -0.2) is 6.04 Å². The molecule has 1 rings (SSSR count). The molecule has 1 unspecified atom stereocenters. The molecule has 0 aliphatic carbocycles. The van der Waals surface area contributed by atoms with Crippen LogP contribution in [0.5, 0.6) is 0 Å². The predicted octanol–water partition coefficient (Wildman–Crippen LogP) is 2.42. The van der Waals surface area contributed by atoms with Crippen molar-refractivity contribution in [3.8, 4) is 0 Å². The van der Waals surface area contributed by atoms with E-state index in [0.717, 1.165) is 6.42 Å². The van der Waals surface area contributed by atoms with E-state index in [2.05, 4.69) is 12.1 Å². The number of nitrogens with two attached hydrogens (primary N) is 1. The van der Waals surface area contributed by atoms with Crippen molar-refractivity contribution in [2.45, 2.75) is 19.4 Å². The standard InChI is InChI=1S/C9H13N.2ClH/c1-8(10)7-9-5-3-2-4-6-9;;/h2-6,8H,7,10H2,1H3;2*1H. The second kappa shape index (κ2) is 7.41. The van der Waals surface area contributed by atoms with Crippen molar-refractivity contribution in [2.75, 3.05) is 0 Å². The van der Waals surface area contributed by atoms with Crippen molar-refractivity contribution in [3.05, 3.63) is 35.9 Å². The molecule has 12 heavy (non-hydrogen) atoms. The molecule has 70 valence electrons. The summed E-state index contributed by atoms with van der Waals surface area (Å²) in [5, 5.41) is 0. The fraction of sp³-hybridized carbons (Fsp3) is 0.333. The highest BCUT2D eigenvalue weighted by Crippen LogP contribution is 2.00. The Kier molecular flexibility index (Phi) is 8.83. The summed E-state index contributed by atoms with van der Waals surface area (Å²) in [5.41, 5.74) is 6.94. The topological polar surface area (TPSA) is 26.0 Å². The second-order valence-electron chi connectivity index (χ2n) is 2.67. The Hall–Kier alpha value is -0.240. The molecule has 0 saturated carbocycles. The molecule has 0 heterocycles. The van der Waals surface area contributed by atoms with Gasteiger partial charge in [-0.05, 0) is 18.9 Å². The minimum Gasteiger partial charge on any atom is -0.328 e. The van der Waals surface area contributed by atoms with E-state index < -0.39 is 0 Å². The zero-order valence-corrected chi connectivity index (χ0v) is 8.70. The number of rotatable bonds is 2. The van der Waals surface area contributed by atoms with Gasteiger partial charge in [-0.1, -0.05) is 30.3 Å². The maximum atomic E-state index is 5.62. The van der Waals surface area contributed by atoms with E-state index in [1.807, 2.05) is 25.1 Å². The first-order valence-corrected chi connectivity index (χ1v) is 3.58. The lowest BCUT2D eigenvalue weighted by atomic mass is 10.1. The molecule has 0 aromatic heterocycles. The first-order chi connectivity index (χ1) is 4.79. The molecular formula is C9H15Cl2N. The van der Waals surface area contributed by atoms with Crippen LogP contribution in [0.2, 0.25) is 0 Å². The van der Waals surface area contributed by atoms with Gasteiger partial charge in [0.15, 0.2) is 0 Å². The predicted molar refractivity (Wildman–Crippen MR) is 58.3 cm³/mol. The summed E-state index contributed by atoms with van der Waals surface area (Å²) in [6.07, 6.45) is 0.973. The maximum absolute atomic E-state index is 5.62. The van der Waals surface area contributed by atoms with Crippen LogP contribution >= 0.6 is 24.8 Å². The smallest absolute Gasteiger partial charge is 0.00509 e. The molecule has 1 aromatic carbocycles. The lowest BCUT2D eigenvalue weighted by Crippen LogP contribution is -2.17. The minimum atomic E-state index is 0. The van der Waals surface area contributed by atoms with Crippen molar-refractivity contribution in [3.63, 3.8) is 0 Å². The Balaban J connectivity index is 0. The summed E-state index contributed by atoms with van der Waals surface area (Å²) in [5.74, 6) is 0. The third-order valence-corrected chi connectivity index (χ3v) is 1.40. The quantitative estimate of drug-likeness (QED) is 0.793. The van der Waals surface area contributed by atoms with Crippen LogP contribution in [0.3, 0.4) is 0 Å². The molecule has 0 bridgehead atoms. The molecule has 0 saturated heterocycles. The Morgan fingerprint density at radius 2 is 1.67 bits per heavy atom. The van der Waals surface area contributed by atoms with Crippen LogP contribution < -0.4 is 5.73 Å². The fourth-order valence-electron chi connectivity index (χ4n) is 0.986. The van der Waals surface area contributed by atoms with Gasteiger partial charge in [0.2, 0.25) is 0 Å². The van der Waals surface area contributed by atoms with Gasteiger partial charge in [0.05, 0.1) is 0 Å². The van der Waals surface area contributed by atoms with E-state index in [1.54, 1.807) is 0 Å². The van der Waals surface area contributed by atoms with Crippen molar-refractivity contribution in [2.24, 2.45) is 5.73 Å². The Labute approximate surface area is 86.2 Å². The van der Waals surface area contributed by atoms with Crippen molar-refractivity contribution in [1.29, 1.82) is 0 Å². The van der Waals surface area contributed by atoms with Crippen LogP contribution in [0.4, 0.5) is 0 Å². The molecule has 0 spiro atoms. The van der Waals surface area contributed by atoms with Crippen molar-refractivity contribution < 1.29 is 0 Å². The SMILES string of the molecule is CC(N)Cc1ccccc1.Cl.Cl. The van der Waals surface area contributed by atoms with Gasteiger partial charge in [0, 0.05) is 6.04 Å². The molecule has 3 heteroatoms. The number of hydrogen-bond donors (Lipinski definition) is 1. The molecule has 0 fully saturated rings. The Bertz CT molecular complexity index is 187. The van der Waals surface area contributed by atoms with E-state index in [-0.39, 0.29) is 30.9 Å². The first-order valence-electron chi connectivity index (χ1n) is 3.58. The average Bonchev–Trinajstić information content (AvgIpc) is 1.88. The molecule has 0 aliphatic heterocycles. The van der Waals surface area contributed by atoms with Gasteiger partial charge in [0.25, 0.3) is 0 Å². The summed E-state index contributed by atoms with van der Waals surface area (Å²) in [4.78, 5) is 0. The molecule has 1 atom stereocenters. The fourth-order valence-corrected chi connectivity index (χ4v) is 0.986. The molecular weight excluding hydrogens is 193 g/mol. The maximum Gasteiger partial charge on any atom is 0.00509 e. The molecule has 1 aromatic rings. The van der Waals surface area contributed by atoms with Gasteiger partial charge in [-0.2, -0.15) is 0 Å². The van der Waals surface area contributed by atoms with Gasteiger partial charge in [-0.25, -0.2) is 0 Å². The van der Waals surface area contributed by atoms with E-state index in [4.69, 9.17) is 5.73 Å². The largest absolute Gasteiger partial charge is 0.328 e. The monoisotopic (exact) mass is 207 g/mol. The van der Waals surface area contributed by atoms with Gasteiger partial charge in [-0.3, -0.25) is 0 Å². The third kappa shape index (κ3) is 5.42. The van der Waals surface area contributed by atoms with Crippen molar-refractivity contribution in [1.82, 2.24) is 0 Å². The minimum absolute atomic E-state index is 0. The van der Waals surface area contributed by atoms with Crippen LogP contribution in [-0.2, 0) is 6.42 Å². The highest BCUT2D eigenvalue weighted by Gasteiger charge is 1.94. The van der Waals surface area contributed by atoms with Crippen LogP contribution in [0, 0.1) is 0 Å². The highest BCUT2D eigenvalue weighted by molar-refractivity contribution is 5.85. The van der Waals surface area contributed by atoms with Crippen molar-refractivity contribution >= 4 is 24.8 Å². The summed E-state index contributed by atoms with van der Waals surface area (Å²) in [6.45, 7) is 2.02. The second-order valence-corrected chi connectivity index (χ2v) is 2.67. The van der Waals surface area contributed by atoms with Crippen LogP contribution in [0.15, 0.2) is 30.3 Å². The molecule has 0 aliphatic rings.